The molecular formula is C22H29N3O2S. The molecule has 0 aliphatic carbocycles. The van der Waals surface area contributed by atoms with E-state index in [1.807, 2.05) is 32.2 Å². The van der Waals surface area contributed by atoms with Gasteiger partial charge in [-0.15, -0.1) is 11.3 Å². The van der Waals surface area contributed by atoms with Crippen LogP contribution in [0.2, 0.25) is 0 Å². The monoisotopic (exact) mass is 399 g/mol. The summed E-state index contributed by atoms with van der Waals surface area (Å²) in [6.45, 7) is 10.2. The molecule has 28 heavy (non-hydrogen) atoms. The first kappa shape index (κ1) is 20.6. The Morgan fingerprint density at radius 1 is 1.29 bits per heavy atom. The maximum absolute atomic E-state index is 12.8. The summed E-state index contributed by atoms with van der Waals surface area (Å²) < 4.78 is 0. The molecule has 1 aliphatic heterocycles. The zero-order chi connectivity index (χ0) is 20.3. The Kier molecular flexibility index (Phi) is 6.52. The van der Waals surface area contributed by atoms with Crippen molar-refractivity contribution in [3.8, 4) is 0 Å². The molecule has 2 aromatic heterocycles. The second kappa shape index (κ2) is 8.88. The molecule has 1 saturated heterocycles. The van der Waals surface area contributed by atoms with E-state index >= 15 is 0 Å². The number of aryl methyl sites for hydroxylation is 2. The summed E-state index contributed by atoms with van der Waals surface area (Å²) in [5.74, 6) is 0.424. The van der Waals surface area contributed by atoms with Crippen molar-refractivity contribution in [2.75, 3.05) is 13.1 Å². The van der Waals surface area contributed by atoms with E-state index in [1.54, 1.807) is 11.3 Å². The molecule has 150 valence electrons. The number of H-pyrrole nitrogens is 1. The summed E-state index contributed by atoms with van der Waals surface area (Å²) in [6.07, 6.45) is 4.47. The van der Waals surface area contributed by atoms with Gasteiger partial charge >= 0.3 is 0 Å². The minimum atomic E-state index is -0.136. The van der Waals surface area contributed by atoms with Gasteiger partial charge in [0.25, 0.3) is 11.5 Å². The SMILES string of the molecule is C/C=C(\c1scc(C(=O)NCc2c(C)cc(C)[nH]c2=O)c1C)C1CCNCC1. The summed E-state index contributed by atoms with van der Waals surface area (Å²) in [7, 11) is 0. The number of aromatic nitrogens is 1. The molecule has 3 rings (SSSR count). The van der Waals surface area contributed by atoms with Gasteiger partial charge in [-0.3, -0.25) is 9.59 Å². The average Bonchev–Trinajstić information content (AvgIpc) is 3.04. The van der Waals surface area contributed by atoms with Crippen LogP contribution in [0.5, 0.6) is 0 Å². The fraction of sp³-hybridized carbons (Fsp3) is 0.455. The predicted molar refractivity (Wildman–Crippen MR) is 116 cm³/mol. The van der Waals surface area contributed by atoms with E-state index in [1.165, 1.54) is 10.5 Å². The molecule has 0 aromatic carbocycles. The maximum atomic E-state index is 12.8. The number of pyridine rings is 1. The van der Waals surface area contributed by atoms with E-state index in [0.717, 1.165) is 42.8 Å². The molecule has 3 N–H and O–H groups in total. The third kappa shape index (κ3) is 4.28. The van der Waals surface area contributed by atoms with E-state index in [-0.39, 0.29) is 18.0 Å². The van der Waals surface area contributed by atoms with E-state index in [9.17, 15) is 9.59 Å². The van der Waals surface area contributed by atoms with Crippen LogP contribution in [0.4, 0.5) is 0 Å². The van der Waals surface area contributed by atoms with Gasteiger partial charge in [0.2, 0.25) is 0 Å². The number of rotatable bonds is 5. The van der Waals surface area contributed by atoms with Crippen molar-refractivity contribution in [2.45, 2.75) is 47.1 Å². The highest BCUT2D eigenvalue weighted by atomic mass is 32.1. The van der Waals surface area contributed by atoms with E-state index in [2.05, 4.69) is 28.6 Å². The standard InChI is InChI=1S/C22H29N3O2S/c1-5-17(16-6-8-23-9-7-16)20-15(4)19(12-28-20)21(26)24-11-18-13(2)10-14(3)25-22(18)27/h5,10,12,16,23H,6-9,11H2,1-4H3,(H,24,26)(H,25,27)/b17-5-. The first-order valence-electron chi connectivity index (χ1n) is 9.85. The van der Waals surface area contributed by atoms with Crippen molar-refractivity contribution in [1.29, 1.82) is 0 Å². The summed E-state index contributed by atoms with van der Waals surface area (Å²) in [5.41, 5.74) is 5.28. The molecule has 2 aromatic rings. The quantitative estimate of drug-likeness (QED) is 0.718. The highest BCUT2D eigenvalue weighted by Gasteiger charge is 2.23. The fourth-order valence-corrected chi connectivity index (χ4v) is 5.20. The molecule has 1 amide bonds. The van der Waals surface area contributed by atoms with E-state index in [0.29, 0.717) is 17.0 Å². The Labute approximate surface area is 170 Å². The number of thiophene rings is 1. The van der Waals surface area contributed by atoms with Crippen molar-refractivity contribution >= 4 is 22.8 Å². The van der Waals surface area contributed by atoms with E-state index in [4.69, 9.17) is 0 Å². The molecule has 3 heterocycles. The number of allylic oxidation sites excluding steroid dienone is 2. The zero-order valence-electron chi connectivity index (χ0n) is 17.1. The second-order valence-electron chi connectivity index (χ2n) is 7.50. The summed E-state index contributed by atoms with van der Waals surface area (Å²) >= 11 is 1.64. The number of piperidine rings is 1. The topological polar surface area (TPSA) is 74.0 Å². The van der Waals surface area contributed by atoms with Gasteiger partial charge in [0.05, 0.1) is 5.56 Å². The second-order valence-corrected chi connectivity index (χ2v) is 8.38. The lowest BCUT2D eigenvalue weighted by Gasteiger charge is -2.25. The average molecular weight is 400 g/mol. The molecule has 5 nitrogen and oxygen atoms in total. The largest absolute Gasteiger partial charge is 0.348 e. The molecule has 0 atom stereocenters. The van der Waals surface area contributed by atoms with Gasteiger partial charge < -0.3 is 15.6 Å². The van der Waals surface area contributed by atoms with Crippen LogP contribution < -0.4 is 16.2 Å². The van der Waals surface area contributed by atoms with Crippen molar-refractivity contribution in [3.05, 3.63) is 60.7 Å². The van der Waals surface area contributed by atoms with Crippen LogP contribution in [-0.2, 0) is 6.54 Å². The lowest BCUT2D eigenvalue weighted by Crippen LogP contribution is -2.28. The van der Waals surface area contributed by atoms with Crippen molar-refractivity contribution in [3.63, 3.8) is 0 Å². The smallest absolute Gasteiger partial charge is 0.253 e. The van der Waals surface area contributed by atoms with Gasteiger partial charge in [0.15, 0.2) is 0 Å². The van der Waals surface area contributed by atoms with Gasteiger partial charge in [-0.05, 0) is 82.3 Å². The van der Waals surface area contributed by atoms with Crippen LogP contribution in [0.1, 0.15) is 57.4 Å². The number of hydrogen-bond acceptors (Lipinski definition) is 4. The number of hydrogen-bond donors (Lipinski definition) is 3. The lowest BCUT2D eigenvalue weighted by atomic mass is 9.87. The molecule has 0 radical (unpaired) electrons. The Hall–Kier alpha value is -2.18. The Balaban J connectivity index is 1.76. The Bertz CT molecular complexity index is 949. The number of aromatic amines is 1. The fourth-order valence-electron chi connectivity index (χ4n) is 3.98. The number of carbonyl (C=O) groups is 1. The highest BCUT2D eigenvalue weighted by Crippen LogP contribution is 2.36. The van der Waals surface area contributed by atoms with Crippen LogP contribution in [0.3, 0.4) is 0 Å². The normalized spacial score (nSPS) is 15.6. The van der Waals surface area contributed by atoms with Crippen LogP contribution >= 0.6 is 11.3 Å². The number of nitrogens with one attached hydrogen (secondary N) is 3. The van der Waals surface area contributed by atoms with Crippen molar-refractivity contribution in [1.82, 2.24) is 15.6 Å². The third-order valence-electron chi connectivity index (χ3n) is 5.56. The maximum Gasteiger partial charge on any atom is 0.253 e. The van der Waals surface area contributed by atoms with Gasteiger partial charge in [-0.1, -0.05) is 6.08 Å². The molecule has 0 spiro atoms. The van der Waals surface area contributed by atoms with Crippen LogP contribution in [-0.4, -0.2) is 24.0 Å². The highest BCUT2D eigenvalue weighted by molar-refractivity contribution is 7.11. The Morgan fingerprint density at radius 2 is 2.00 bits per heavy atom. The van der Waals surface area contributed by atoms with Gasteiger partial charge in [-0.2, -0.15) is 0 Å². The van der Waals surface area contributed by atoms with Crippen LogP contribution in [0.15, 0.2) is 22.3 Å². The molecule has 0 bridgehead atoms. The first-order chi connectivity index (χ1) is 13.4. The van der Waals surface area contributed by atoms with Crippen LogP contribution in [0, 0.1) is 26.7 Å². The molecule has 6 heteroatoms. The van der Waals surface area contributed by atoms with Crippen LogP contribution in [0.25, 0.3) is 5.57 Å². The minimum absolute atomic E-state index is 0.125. The first-order valence-corrected chi connectivity index (χ1v) is 10.7. The molecule has 0 unspecified atom stereocenters. The lowest BCUT2D eigenvalue weighted by molar-refractivity contribution is 0.0950. The summed E-state index contributed by atoms with van der Waals surface area (Å²) in [4.78, 5) is 29.0. The summed E-state index contributed by atoms with van der Waals surface area (Å²) in [5, 5.41) is 8.28. The van der Waals surface area contributed by atoms with Gasteiger partial charge in [0.1, 0.15) is 0 Å². The molecule has 1 aliphatic rings. The third-order valence-corrected chi connectivity index (χ3v) is 6.69. The number of carbonyl (C=O) groups excluding carboxylic acids is 1. The predicted octanol–water partition coefficient (Wildman–Crippen LogP) is 3.69. The molecule has 0 saturated carbocycles. The molecule has 1 fully saturated rings. The number of amides is 1. The Morgan fingerprint density at radius 3 is 2.64 bits per heavy atom. The van der Waals surface area contributed by atoms with Gasteiger partial charge in [-0.25, -0.2) is 0 Å². The molecular weight excluding hydrogens is 370 g/mol. The summed E-state index contributed by atoms with van der Waals surface area (Å²) in [6, 6.07) is 1.92. The van der Waals surface area contributed by atoms with E-state index < -0.39 is 0 Å². The van der Waals surface area contributed by atoms with Crippen molar-refractivity contribution < 1.29 is 4.79 Å². The van der Waals surface area contributed by atoms with Gasteiger partial charge in [0, 0.05) is 28.1 Å². The zero-order valence-corrected chi connectivity index (χ0v) is 17.9. The van der Waals surface area contributed by atoms with Crippen molar-refractivity contribution in [2.24, 2.45) is 5.92 Å². The minimum Gasteiger partial charge on any atom is -0.348 e.